The summed E-state index contributed by atoms with van der Waals surface area (Å²) in [7, 11) is 0. The monoisotopic (exact) mass is 162 g/mol. The Morgan fingerprint density at radius 2 is 1.64 bits per heavy atom. The van der Waals surface area contributed by atoms with Crippen molar-refractivity contribution in [3.05, 3.63) is 0 Å². The zero-order valence-corrected chi connectivity index (χ0v) is 6.02. The fourth-order valence-electron chi connectivity index (χ4n) is 0.698. The zero-order chi connectivity index (χ0) is 9.02. The van der Waals surface area contributed by atoms with Crippen molar-refractivity contribution in [2.75, 3.05) is 6.61 Å². The predicted octanol–water partition coefficient (Wildman–Crippen LogP) is -0.600. The van der Waals surface area contributed by atoms with Gasteiger partial charge in [0.05, 0.1) is 0 Å². The van der Waals surface area contributed by atoms with Gasteiger partial charge in [0, 0.05) is 12.5 Å². The minimum atomic E-state index is -1.51. The van der Waals surface area contributed by atoms with Gasteiger partial charge in [-0.15, -0.1) is 0 Å². The van der Waals surface area contributed by atoms with E-state index in [9.17, 15) is 9.59 Å². The van der Waals surface area contributed by atoms with Crippen LogP contribution in [-0.4, -0.2) is 33.9 Å². The Morgan fingerprint density at radius 3 is 1.73 bits per heavy atom. The lowest BCUT2D eigenvalue weighted by Gasteiger charge is -2.12. The number of aliphatic hydroxyl groups is 1. The van der Waals surface area contributed by atoms with E-state index < -0.39 is 30.4 Å². The van der Waals surface area contributed by atoms with Gasteiger partial charge < -0.3 is 15.3 Å². The van der Waals surface area contributed by atoms with Crippen molar-refractivity contribution in [3.63, 3.8) is 0 Å². The van der Waals surface area contributed by atoms with Gasteiger partial charge in [-0.05, 0) is 0 Å². The van der Waals surface area contributed by atoms with Gasteiger partial charge in [0.15, 0.2) is 5.92 Å². The number of hydrogen-bond donors (Lipinski definition) is 3. The molecule has 0 amide bonds. The van der Waals surface area contributed by atoms with Gasteiger partial charge in [-0.3, -0.25) is 9.59 Å². The third-order valence-electron chi connectivity index (χ3n) is 1.39. The molecule has 0 fully saturated rings. The van der Waals surface area contributed by atoms with E-state index in [2.05, 4.69) is 0 Å². The summed E-state index contributed by atoms with van der Waals surface area (Å²) in [6, 6.07) is 0. The molecule has 5 heteroatoms. The molecule has 1 atom stereocenters. The van der Waals surface area contributed by atoms with Crippen LogP contribution in [0.15, 0.2) is 0 Å². The molecule has 0 radical (unpaired) electrons. The van der Waals surface area contributed by atoms with Crippen LogP contribution >= 0.6 is 0 Å². The second kappa shape index (κ2) is 3.92. The molecule has 0 saturated heterocycles. The normalized spacial score (nSPS) is 13.0. The van der Waals surface area contributed by atoms with Crippen LogP contribution in [0, 0.1) is 11.8 Å². The number of carboxylic acids is 2. The molecule has 0 aromatic rings. The van der Waals surface area contributed by atoms with Crippen LogP contribution in [0.25, 0.3) is 0 Å². The van der Waals surface area contributed by atoms with E-state index in [-0.39, 0.29) is 0 Å². The van der Waals surface area contributed by atoms with E-state index in [0.717, 1.165) is 0 Å². The van der Waals surface area contributed by atoms with Crippen LogP contribution in [0.1, 0.15) is 6.92 Å². The predicted molar refractivity (Wildman–Crippen MR) is 35.0 cm³/mol. The minimum Gasteiger partial charge on any atom is -0.481 e. The Kier molecular flexibility index (Phi) is 3.53. The molecule has 11 heavy (non-hydrogen) atoms. The standard InChI is InChI=1S/C6H10O5/c1-3(2-7)4(5(8)9)6(10)11/h3-4,7H,2H2,1H3,(H,8,9)(H,10,11). The van der Waals surface area contributed by atoms with E-state index >= 15 is 0 Å². The van der Waals surface area contributed by atoms with Gasteiger partial charge in [0.2, 0.25) is 0 Å². The molecule has 64 valence electrons. The maximum Gasteiger partial charge on any atom is 0.318 e. The average molecular weight is 162 g/mol. The topological polar surface area (TPSA) is 94.8 Å². The van der Waals surface area contributed by atoms with Crippen molar-refractivity contribution in [2.24, 2.45) is 11.8 Å². The highest BCUT2D eigenvalue weighted by Gasteiger charge is 2.31. The van der Waals surface area contributed by atoms with Crippen molar-refractivity contribution >= 4 is 11.9 Å². The Labute approximate surface area is 63.3 Å². The third-order valence-corrected chi connectivity index (χ3v) is 1.39. The van der Waals surface area contributed by atoms with Gasteiger partial charge in [0.1, 0.15) is 0 Å². The van der Waals surface area contributed by atoms with Gasteiger partial charge in [0.25, 0.3) is 0 Å². The van der Waals surface area contributed by atoms with Crippen LogP contribution in [-0.2, 0) is 9.59 Å². The Balaban J connectivity index is 4.34. The quantitative estimate of drug-likeness (QED) is 0.480. The Hall–Kier alpha value is -1.10. The number of aliphatic hydroxyl groups excluding tert-OH is 1. The van der Waals surface area contributed by atoms with E-state index in [1.807, 2.05) is 0 Å². The van der Waals surface area contributed by atoms with Crippen molar-refractivity contribution in [2.45, 2.75) is 6.92 Å². The Bertz CT molecular complexity index is 150. The van der Waals surface area contributed by atoms with Gasteiger partial charge >= 0.3 is 11.9 Å². The number of hydrogen-bond acceptors (Lipinski definition) is 3. The van der Waals surface area contributed by atoms with Crippen LogP contribution in [0.5, 0.6) is 0 Å². The third kappa shape index (κ3) is 2.55. The fourth-order valence-corrected chi connectivity index (χ4v) is 0.698. The molecular weight excluding hydrogens is 152 g/mol. The second-order valence-corrected chi connectivity index (χ2v) is 2.31. The molecule has 5 nitrogen and oxygen atoms in total. The lowest BCUT2D eigenvalue weighted by molar-refractivity contribution is -0.157. The summed E-state index contributed by atoms with van der Waals surface area (Å²) in [5.41, 5.74) is 0. The van der Waals surface area contributed by atoms with Gasteiger partial charge in [-0.2, -0.15) is 0 Å². The summed E-state index contributed by atoms with van der Waals surface area (Å²) in [6.07, 6.45) is 0. The molecule has 0 saturated carbocycles. The first-order valence-electron chi connectivity index (χ1n) is 3.07. The molecule has 0 aliphatic rings. The molecule has 0 bridgehead atoms. The SMILES string of the molecule is CC(CO)C(C(=O)O)C(=O)O. The largest absolute Gasteiger partial charge is 0.481 e. The van der Waals surface area contributed by atoms with Crippen molar-refractivity contribution in [3.8, 4) is 0 Å². The van der Waals surface area contributed by atoms with E-state index in [4.69, 9.17) is 15.3 Å². The summed E-state index contributed by atoms with van der Waals surface area (Å²) in [5, 5.41) is 25.2. The highest BCUT2D eigenvalue weighted by Crippen LogP contribution is 2.10. The highest BCUT2D eigenvalue weighted by atomic mass is 16.4. The first-order chi connectivity index (χ1) is 5.00. The Morgan fingerprint density at radius 1 is 1.27 bits per heavy atom. The summed E-state index contributed by atoms with van der Waals surface area (Å²) < 4.78 is 0. The lowest BCUT2D eigenvalue weighted by Crippen LogP contribution is -2.31. The minimum absolute atomic E-state index is 0.441. The number of carbonyl (C=O) groups is 2. The van der Waals surface area contributed by atoms with E-state index in [1.165, 1.54) is 6.92 Å². The van der Waals surface area contributed by atoms with E-state index in [0.29, 0.717) is 0 Å². The molecular formula is C6H10O5. The molecule has 3 N–H and O–H groups in total. The average Bonchev–Trinajstić information content (AvgIpc) is 1.85. The van der Waals surface area contributed by atoms with Crippen molar-refractivity contribution in [1.29, 1.82) is 0 Å². The molecule has 0 aliphatic carbocycles. The number of aliphatic carboxylic acids is 2. The number of rotatable bonds is 4. The van der Waals surface area contributed by atoms with Gasteiger partial charge in [-0.25, -0.2) is 0 Å². The molecule has 0 rings (SSSR count). The maximum absolute atomic E-state index is 10.2. The molecule has 0 aliphatic heterocycles. The lowest BCUT2D eigenvalue weighted by atomic mass is 9.95. The van der Waals surface area contributed by atoms with Crippen LogP contribution in [0.3, 0.4) is 0 Å². The zero-order valence-electron chi connectivity index (χ0n) is 6.02. The maximum atomic E-state index is 10.2. The smallest absolute Gasteiger partial charge is 0.318 e. The number of carboxylic acid groups (broad SMARTS) is 2. The second-order valence-electron chi connectivity index (χ2n) is 2.31. The van der Waals surface area contributed by atoms with Crippen molar-refractivity contribution in [1.82, 2.24) is 0 Å². The first-order valence-corrected chi connectivity index (χ1v) is 3.07. The summed E-state index contributed by atoms with van der Waals surface area (Å²) in [5.74, 6) is -5.11. The molecule has 0 heterocycles. The molecule has 0 aromatic carbocycles. The molecule has 0 aromatic heterocycles. The van der Waals surface area contributed by atoms with Gasteiger partial charge in [-0.1, -0.05) is 6.92 Å². The van der Waals surface area contributed by atoms with Crippen LogP contribution in [0.2, 0.25) is 0 Å². The molecule has 0 spiro atoms. The van der Waals surface area contributed by atoms with E-state index in [1.54, 1.807) is 0 Å². The molecule has 1 unspecified atom stereocenters. The summed E-state index contributed by atoms with van der Waals surface area (Å²) in [4.78, 5) is 20.5. The van der Waals surface area contributed by atoms with Crippen LogP contribution < -0.4 is 0 Å². The summed E-state index contributed by atoms with van der Waals surface area (Å²) >= 11 is 0. The first kappa shape index (κ1) is 9.90. The van der Waals surface area contributed by atoms with Crippen LogP contribution in [0.4, 0.5) is 0 Å². The summed E-state index contributed by atoms with van der Waals surface area (Å²) in [6.45, 7) is 0.927. The fraction of sp³-hybridized carbons (Fsp3) is 0.667. The van der Waals surface area contributed by atoms with Crippen molar-refractivity contribution < 1.29 is 24.9 Å². The highest BCUT2D eigenvalue weighted by molar-refractivity contribution is 5.93.